The molecule has 1 N–H and O–H groups in total. The maximum atomic E-state index is 14.3. The first-order valence-corrected chi connectivity index (χ1v) is 15.8. The Morgan fingerprint density at radius 3 is 2.66 bits per heavy atom. The second-order valence-electron chi connectivity index (χ2n) is 11.9. The minimum absolute atomic E-state index is 0.0436. The Hall–Kier alpha value is -1.78. The van der Waals surface area contributed by atoms with Crippen molar-refractivity contribution in [3.05, 3.63) is 45.9 Å². The van der Waals surface area contributed by atoms with E-state index in [4.69, 9.17) is 11.6 Å². The smallest absolute Gasteiger partial charge is 0.219 e. The van der Waals surface area contributed by atoms with Crippen molar-refractivity contribution in [1.29, 1.82) is 0 Å². The van der Waals surface area contributed by atoms with Gasteiger partial charge in [0.05, 0.1) is 21.6 Å². The number of benzene rings is 1. The number of nitrogens with zero attached hydrogens (tertiary/aromatic N) is 3. The molecule has 1 spiro atoms. The molecule has 1 atom stereocenters. The summed E-state index contributed by atoms with van der Waals surface area (Å²) in [5.74, 6) is 0. The van der Waals surface area contributed by atoms with E-state index in [2.05, 4.69) is 9.88 Å². The van der Waals surface area contributed by atoms with Gasteiger partial charge in [-0.1, -0.05) is 11.6 Å². The van der Waals surface area contributed by atoms with Gasteiger partial charge in [-0.25, -0.2) is 12.8 Å². The van der Waals surface area contributed by atoms with Gasteiger partial charge in [0, 0.05) is 57.6 Å². The number of fused-ring (bicyclic) bond motifs is 2. The lowest BCUT2D eigenvalue weighted by atomic mass is 9.73. The number of sulfonamides is 1. The third-order valence-electron chi connectivity index (χ3n) is 8.42. The molecule has 0 radical (unpaired) electrons. The van der Waals surface area contributed by atoms with Gasteiger partial charge < -0.3 is 10.0 Å². The maximum absolute atomic E-state index is 14.3. The van der Waals surface area contributed by atoms with Crippen LogP contribution in [0.15, 0.2) is 30.5 Å². The van der Waals surface area contributed by atoms with E-state index in [1.165, 1.54) is 11.3 Å². The molecule has 2 aliphatic heterocycles. The van der Waals surface area contributed by atoms with E-state index in [0.29, 0.717) is 18.0 Å². The Bertz CT molecular complexity index is 1510. The number of aryl methyl sites for hydroxylation is 1. The number of pyridine rings is 1. The molecule has 1 saturated carbocycles. The minimum Gasteiger partial charge on any atom is -0.391 e. The van der Waals surface area contributed by atoms with Crippen LogP contribution >= 0.6 is 22.9 Å². The lowest BCUT2D eigenvalue weighted by Gasteiger charge is -2.48. The van der Waals surface area contributed by atoms with Gasteiger partial charge in [-0.2, -0.15) is 4.31 Å². The number of anilines is 1. The highest BCUT2D eigenvalue weighted by atomic mass is 35.5. The van der Waals surface area contributed by atoms with Gasteiger partial charge in [-0.15, -0.1) is 11.3 Å². The Kier molecular flexibility index (Phi) is 6.35. The van der Waals surface area contributed by atoms with E-state index < -0.39 is 26.5 Å². The minimum atomic E-state index is -3.63. The van der Waals surface area contributed by atoms with Crippen LogP contribution in [-0.4, -0.2) is 58.4 Å². The van der Waals surface area contributed by atoms with Crippen LogP contribution in [0.5, 0.6) is 0 Å². The quantitative estimate of drug-likeness (QED) is 0.416. The molecule has 4 heterocycles. The van der Waals surface area contributed by atoms with Crippen LogP contribution in [-0.2, 0) is 23.1 Å². The molecule has 1 unspecified atom stereocenters. The van der Waals surface area contributed by atoms with Crippen LogP contribution in [0.1, 0.15) is 56.9 Å². The van der Waals surface area contributed by atoms with Crippen molar-refractivity contribution < 1.29 is 17.9 Å². The van der Waals surface area contributed by atoms with Gasteiger partial charge in [0.25, 0.3) is 0 Å². The fourth-order valence-electron chi connectivity index (χ4n) is 6.60. The molecule has 2 fully saturated rings. The summed E-state index contributed by atoms with van der Waals surface area (Å²) in [7, 11) is -3.63. The van der Waals surface area contributed by atoms with Crippen LogP contribution in [0, 0.1) is 0 Å². The summed E-state index contributed by atoms with van der Waals surface area (Å²) in [4.78, 5) is 7.73. The fraction of sp³-hybridized carbons (Fsp3) is 0.536. The molecule has 2 aromatic heterocycles. The van der Waals surface area contributed by atoms with Crippen molar-refractivity contribution in [3.8, 4) is 11.1 Å². The summed E-state index contributed by atoms with van der Waals surface area (Å²) < 4.78 is 43.4. The zero-order chi connectivity index (χ0) is 27.0. The second-order valence-corrected chi connectivity index (χ2v) is 16.1. The van der Waals surface area contributed by atoms with Crippen LogP contribution < -0.4 is 4.90 Å². The summed E-state index contributed by atoms with van der Waals surface area (Å²) in [5, 5.41) is 10.4. The maximum Gasteiger partial charge on any atom is 0.219 e. The number of hydrogen-bond acceptors (Lipinski definition) is 6. The Labute approximate surface area is 232 Å². The van der Waals surface area contributed by atoms with Crippen LogP contribution in [0.2, 0.25) is 5.02 Å². The number of aromatic nitrogens is 1. The van der Waals surface area contributed by atoms with Crippen molar-refractivity contribution in [1.82, 2.24) is 9.29 Å². The summed E-state index contributed by atoms with van der Waals surface area (Å²) >= 11 is 8.17. The zero-order valence-corrected chi connectivity index (χ0v) is 24.3. The lowest BCUT2D eigenvalue weighted by molar-refractivity contribution is 0.0325. The van der Waals surface area contributed by atoms with E-state index in [1.807, 2.05) is 24.3 Å². The number of alkyl halides is 1. The molecule has 1 aliphatic carbocycles. The third kappa shape index (κ3) is 4.08. The molecule has 38 heavy (non-hydrogen) atoms. The topological polar surface area (TPSA) is 73.7 Å². The van der Waals surface area contributed by atoms with Gasteiger partial charge in [0.2, 0.25) is 10.0 Å². The van der Waals surface area contributed by atoms with Crippen molar-refractivity contribution in [2.75, 3.05) is 18.0 Å². The second kappa shape index (κ2) is 9.13. The normalized spacial score (nSPS) is 26.2. The monoisotopic (exact) mass is 577 g/mol. The predicted octanol–water partition coefficient (Wildman–Crippen LogP) is 5.93. The van der Waals surface area contributed by atoms with Crippen molar-refractivity contribution in [2.45, 2.75) is 82.0 Å². The lowest BCUT2D eigenvalue weighted by Crippen LogP contribution is -2.59. The summed E-state index contributed by atoms with van der Waals surface area (Å²) in [6.07, 6.45) is 3.78. The molecule has 6 rings (SSSR count). The number of rotatable bonds is 4. The number of halogens is 2. The number of hydrogen-bond donors (Lipinski definition) is 1. The number of thiophene rings is 1. The van der Waals surface area contributed by atoms with Gasteiger partial charge in [-0.05, 0) is 82.7 Å². The van der Waals surface area contributed by atoms with E-state index in [1.54, 1.807) is 31.3 Å². The average molecular weight is 578 g/mol. The van der Waals surface area contributed by atoms with Gasteiger partial charge in [0.1, 0.15) is 6.17 Å². The Balaban J connectivity index is 1.47. The molecule has 6 nitrogen and oxygen atoms in total. The molecule has 0 amide bonds. The predicted molar refractivity (Wildman–Crippen MR) is 152 cm³/mol. The molecule has 1 saturated heterocycles. The highest BCUT2D eigenvalue weighted by molar-refractivity contribution is 7.90. The molecule has 1 aromatic carbocycles. The van der Waals surface area contributed by atoms with Crippen molar-refractivity contribution in [3.63, 3.8) is 0 Å². The SMILES string of the molecule is CC(C)(C)S(=O)(=O)N1CC(N2CCCc3cc(Cl)cc(-c4ccnc5cc(CO)sc45)c32)CC12CC(F)C2. The molecular formula is C28H33ClFN3O3S2. The van der Waals surface area contributed by atoms with E-state index >= 15 is 0 Å². The van der Waals surface area contributed by atoms with Crippen molar-refractivity contribution >= 4 is 48.9 Å². The van der Waals surface area contributed by atoms with Crippen molar-refractivity contribution in [2.24, 2.45) is 0 Å². The molecule has 3 aromatic rings. The number of aliphatic hydroxyl groups is 1. The van der Waals surface area contributed by atoms with Crippen LogP contribution in [0.25, 0.3) is 21.3 Å². The van der Waals surface area contributed by atoms with Gasteiger partial charge in [0.15, 0.2) is 0 Å². The third-order valence-corrected chi connectivity index (χ3v) is 12.4. The highest BCUT2D eigenvalue weighted by Crippen LogP contribution is 2.53. The largest absolute Gasteiger partial charge is 0.391 e. The molecular weight excluding hydrogens is 545 g/mol. The van der Waals surface area contributed by atoms with E-state index in [9.17, 15) is 17.9 Å². The summed E-state index contributed by atoms with van der Waals surface area (Å²) in [6, 6.07) is 7.85. The highest BCUT2D eigenvalue weighted by Gasteiger charge is 2.60. The van der Waals surface area contributed by atoms with E-state index in [-0.39, 0.29) is 25.5 Å². The standard InChI is InChI=1S/C28H33ClFN3O3S2/c1-27(2,3)38(35,36)33-15-20(14-28(33)12-19(30)13-28)32-8-4-5-17-9-18(29)10-23(25(17)32)22-6-7-31-24-11-21(16-34)37-26(22)24/h6-7,9-11,19-20,34H,4-5,8,12-16H2,1-3H3. The fourth-order valence-corrected chi connectivity index (χ4v) is 9.61. The first-order chi connectivity index (χ1) is 17.9. The average Bonchev–Trinajstić information content (AvgIpc) is 3.44. The molecule has 10 heteroatoms. The number of aliphatic hydroxyl groups excluding tert-OH is 1. The van der Waals surface area contributed by atoms with Crippen LogP contribution in [0.4, 0.5) is 10.1 Å². The van der Waals surface area contributed by atoms with Crippen LogP contribution in [0.3, 0.4) is 0 Å². The first kappa shape index (κ1) is 26.4. The first-order valence-electron chi connectivity index (χ1n) is 13.2. The summed E-state index contributed by atoms with van der Waals surface area (Å²) in [5.41, 5.74) is 4.40. The molecule has 204 valence electrons. The Morgan fingerprint density at radius 2 is 1.97 bits per heavy atom. The molecule has 3 aliphatic rings. The van der Waals surface area contributed by atoms with Gasteiger partial charge in [-0.3, -0.25) is 4.98 Å². The molecule has 0 bridgehead atoms. The van der Waals surface area contributed by atoms with Gasteiger partial charge >= 0.3 is 0 Å². The van der Waals surface area contributed by atoms with E-state index in [0.717, 1.165) is 56.9 Å². The zero-order valence-electron chi connectivity index (χ0n) is 21.9. The Morgan fingerprint density at radius 1 is 1.21 bits per heavy atom. The summed E-state index contributed by atoms with van der Waals surface area (Å²) in [6.45, 7) is 6.28.